The summed E-state index contributed by atoms with van der Waals surface area (Å²) in [4.78, 5) is 14.9. The van der Waals surface area contributed by atoms with E-state index in [1.807, 2.05) is 4.90 Å². The Morgan fingerprint density at radius 2 is 1.27 bits per heavy atom. The Morgan fingerprint density at radius 3 is 1.92 bits per heavy atom. The van der Waals surface area contributed by atoms with E-state index >= 15 is 0 Å². The molecule has 2 heteroatoms. The zero-order valence-corrected chi connectivity index (χ0v) is 15.6. The Morgan fingerprint density at radius 1 is 0.692 bits per heavy atom. The Bertz CT molecular complexity index is 708. The fourth-order valence-corrected chi connectivity index (χ4v) is 4.66. The van der Waals surface area contributed by atoms with Gasteiger partial charge in [-0.15, -0.1) is 0 Å². The zero-order valence-electron chi connectivity index (χ0n) is 15.6. The van der Waals surface area contributed by atoms with Gasteiger partial charge in [0, 0.05) is 18.7 Å². The molecule has 0 spiro atoms. The van der Waals surface area contributed by atoms with Crippen molar-refractivity contribution in [2.45, 2.75) is 56.8 Å². The van der Waals surface area contributed by atoms with Crippen LogP contribution in [-0.2, 0) is 0 Å². The number of nitrogens with zero attached hydrogens (tertiary/aromatic N) is 1. The summed E-state index contributed by atoms with van der Waals surface area (Å²) in [5.74, 6) is 1.50. The van der Waals surface area contributed by atoms with Crippen LogP contribution >= 0.6 is 0 Å². The molecule has 1 heterocycles. The lowest BCUT2D eigenvalue weighted by Crippen LogP contribution is -2.37. The van der Waals surface area contributed by atoms with Gasteiger partial charge in [-0.05, 0) is 60.8 Å². The fraction of sp³-hybridized carbons (Fsp3) is 0.458. The molecule has 2 aliphatic rings. The summed E-state index contributed by atoms with van der Waals surface area (Å²) in [6.45, 7) is 1.73. The topological polar surface area (TPSA) is 20.3 Å². The number of hydrogen-bond acceptors (Lipinski definition) is 1. The molecule has 1 saturated heterocycles. The van der Waals surface area contributed by atoms with Crippen molar-refractivity contribution in [3.8, 4) is 0 Å². The molecular formula is C24H29NO. The normalized spacial score (nSPS) is 19.5. The standard InChI is InChI=1S/C24H29NO/c26-24(23-13-11-21(12-14-23)19-7-3-1-4-8-19)25-17-15-22(16-18-25)20-9-5-2-6-10-20/h2,5-6,9-14,19,22H,1,3-4,7-8,15-18H2. The molecule has 0 unspecified atom stereocenters. The van der Waals surface area contributed by atoms with E-state index in [-0.39, 0.29) is 5.91 Å². The van der Waals surface area contributed by atoms with Crippen LogP contribution in [0.4, 0.5) is 0 Å². The average Bonchev–Trinajstić information content (AvgIpc) is 2.75. The first kappa shape index (κ1) is 17.3. The number of benzene rings is 2. The maximum absolute atomic E-state index is 12.9. The summed E-state index contributed by atoms with van der Waals surface area (Å²) >= 11 is 0. The van der Waals surface area contributed by atoms with E-state index < -0.39 is 0 Å². The van der Waals surface area contributed by atoms with Crippen molar-refractivity contribution >= 4 is 5.91 Å². The van der Waals surface area contributed by atoms with Crippen molar-refractivity contribution < 1.29 is 4.79 Å². The number of amides is 1. The Labute approximate surface area is 157 Å². The minimum absolute atomic E-state index is 0.201. The van der Waals surface area contributed by atoms with Gasteiger partial charge < -0.3 is 4.90 Å². The third kappa shape index (κ3) is 3.85. The van der Waals surface area contributed by atoms with E-state index in [4.69, 9.17) is 0 Å². The zero-order chi connectivity index (χ0) is 17.8. The van der Waals surface area contributed by atoms with Crippen LogP contribution in [0.15, 0.2) is 54.6 Å². The van der Waals surface area contributed by atoms with Gasteiger partial charge in [-0.2, -0.15) is 0 Å². The van der Waals surface area contributed by atoms with Gasteiger partial charge in [0.05, 0.1) is 0 Å². The molecule has 2 nitrogen and oxygen atoms in total. The molecule has 1 saturated carbocycles. The van der Waals surface area contributed by atoms with Gasteiger partial charge in [-0.3, -0.25) is 4.79 Å². The van der Waals surface area contributed by atoms with Gasteiger partial charge in [-0.1, -0.05) is 61.7 Å². The first-order valence-electron chi connectivity index (χ1n) is 10.3. The summed E-state index contributed by atoms with van der Waals surface area (Å²) in [5, 5.41) is 0. The number of likely N-dealkylation sites (tertiary alicyclic amines) is 1. The molecule has 2 fully saturated rings. The van der Waals surface area contributed by atoms with Gasteiger partial charge in [0.25, 0.3) is 5.91 Å². The van der Waals surface area contributed by atoms with E-state index in [0.717, 1.165) is 31.5 Å². The molecule has 0 N–H and O–H groups in total. The Balaban J connectivity index is 1.36. The molecule has 1 aliphatic carbocycles. The van der Waals surface area contributed by atoms with E-state index in [0.29, 0.717) is 11.8 Å². The first-order valence-corrected chi connectivity index (χ1v) is 10.3. The van der Waals surface area contributed by atoms with Crippen molar-refractivity contribution in [2.75, 3.05) is 13.1 Å². The summed E-state index contributed by atoms with van der Waals surface area (Å²) in [6.07, 6.45) is 8.82. The second kappa shape index (κ2) is 8.07. The second-order valence-corrected chi connectivity index (χ2v) is 7.93. The summed E-state index contributed by atoms with van der Waals surface area (Å²) in [7, 11) is 0. The van der Waals surface area contributed by atoms with Crippen LogP contribution in [0.3, 0.4) is 0 Å². The van der Waals surface area contributed by atoms with Gasteiger partial charge in [0.2, 0.25) is 0 Å². The lowest BCUT2D eigenvalue weighted by Gasteiger charge is -2.32. The van der Waals surface area contributed by atoms with Gasteiger partial charge in [-0.25, -0.2) is 0 Å². The van der Waals surface area contributed by atoms with E-state index in [2.05, 4.69) is 54.6 Å². The molecule has 4 rings (SSSR count). The van der Waals surface area contributed by atoms with Crippen LogP contribution in [-0.4, -0.2) is 23.9 Å². The molecule has 26 heavy (non-hydrogen) atoms. The molecule has 0 atom stereocenters. The largest absolute Gasteiger partial charge is 0.339 e. The molecule has 0 radical (unpaired) electrons. The number of hydrogen-bond donors (Lipinski definition) is 0. The van der Waals surface area contributed by atoms with Crippen molar-refractivity contribution in [2.24, 2.45) is 0 Å². The number of piperidine rings is 1. The molecule has 0 bridgehead atoms. The SMILES string of the molecule is O=C(c1ccc(C2CCCCC2)cc1)N1CCC(c2ccccc2)CC1. The second-order valence-electron chi connectivity index (χ2n) is 7.93. The third-order valence-electron chi connectivity index (χ3n) is 6.29. The van der Waals surface area contributed by atoms with Crippen molar-refractivity contribution in [3.05, 3.63) is 71.3 Å². The predicted octanol–water partition coefficient (Wildman–Crippen LogP) is 5.75. The van der Waals surface area contributed by atoms with Gasteiger partial charge in [0.15, 0.2) is 0 Å². The van der Waals surface area contributed by atoms with Crippen LogP contribution in [0.2, 0.25) is 0 Å². The molecular weight excluding hydrogens is 318 g/mol. The molecule has 2 aromatic carbocycles. The van der Waals surface area contributed by atoms with Crippen LogP contribution in [0.1, 0.15) is 78.3 Å². The smallest absolute Gasteiger partial charge is 0.253 e. The third-order valence-corrected chi connectivity index (χ3v) is 6.29. The monoisotopic (exact) mass is 347 g/mol. The lowest BCUT2D eigenvalue weighted by atomic mass is 9.84. The molecule has 136 valence electrons. The van der Waals surface area contributed by atoms with Crippen LogP contribution < -0.4 is 0 Å². The van der Waals surface area contributed by atoms with Crippen molar-refractivity contribution in [1.82, 2.24) is 4.90 Å². The maximum Gasteiger partial charge on any atom is 0.253 e. The lowest BCUT2D eigenvalue weighted by molar-refractivity contribution is 0.0713. The summed E-state index contributed by atoms with van der Waals surface area (Å²) in [6, 6.07) is 19.2. The molecule has 0 aromatic heterocycles. The summed E-state index contributed by atoms with van der Waals surface area (Å²) in [5.41, 5.74) is 3.68. The van der Waals surface area contributed by atoms with E-state index in [9.17, 15) is 4.79 Å². The molecule has 2 aromatic rings. The van der Waals surface area contributed by atoms with E-state index in [1.165, 1.54) is 43.2 Å². The highest BCUT2D eigenvalue weighted by molar-refractivity contribution is 5.94. The van der Waals surface area contributed by atoms with Crippen LogP contribution in [0, 0.1) is 0 Å². The first-order chi connectivity index (χ1) is 12.8. The number of carbonyl (C=O) groups excluding carboxylic acids is 1. The van der Waals surface area contributed by atoms with Crippen molar-refractivity contribution in [1.29, 1.82) is 0 Å². The van der Waals surface area contributed by atoms with Crippen LogP contribution in [0.25, 0.3) is 0 Å². The van der Waals surface area contributed by atoms with E-state index in [1.54, 1.807) is 0 Å². The van der Waals surface area contributed by atoms with Gasteiger partial charge in [0.1, 0.15) is 0 Å². The summed E-state index contributed by atoms with van der Waals surface area (Å²) < 4.78 is 0. The minimum Gasteiger partial charge on any atom is -0.339 e. The number of rotatable bonds is 3. The highest BCUT2D eigenvalue weighted by atomic mass is 16.2. The maximum atomic E-state index is 12.9. The Kier molecular flexibility index (Phi) is 5.38. The predicted molar refractivity (Wildman–Crippen MR) is 107 cm³/mol. The van der Waals surface area contributed by atoms with Crippen LogP contribution in [0.5, 0.6) is 0 Å². The average molecular weight is 348 g/mol. The minimum atomic E-state index is 0.201. The van der Waals surface area contributed by atoms with Crippen molar-refractivity contribution in [3.63, 3.8) is 0 Å². The Hall–Kier alpha value is -2.09. The fourth-order valence-electron chi connectivity index (χ4n) is 4.66. The molecule has 1 aliphatic heterocycles. The quantitative estimate of drug-likeness (QED) is 0.692. The van der Waals surface area contributed by atoms with Gasteiger partial charge >= 0.3 is 0 Å². The molecule has 1 amide bonds. The highest BCUT2D eigenvalue weighted by Gasteiger charge is 2.24. The number of carbonyl (C=O) groups is 1. The highest BCUT2D eigenvalue weighted by Crippen LogP contribution is 2.33.